The lowest BCUT2D eigenvalue weighted by Crippen LogP contribution is -2.41. The van der Waals surface area contributed by atoms with E-state index in [1.807, 2.05) is 38.1 Å². The van der Waals surface area contributed by atoms with Crippen molar-refractivity contribution in [1.29, 1.82) is 0 Å². The Labute approximate surface area is 207 Å². The number of benzene rings is 2. The summed E-state index contributed by atoms with van der Waals surface area (Å²) in [5, 5.41) is 1.35. The topological polar surface area (TPSA) is 48.1 Å². The van der Waals surface area contributed by atoms with Crippen molar-refractivity contribution in [2.24, 2.45) is 11.7 Å². The van der Waals surface area contributed by atoms with Gasteiger partial charge in [0, 0.05) is 20.8 Å². The predicted molar refractivity (Wildman–Crippen MR) is 138 cm³/mol. The molecule has 2 N–H and O–H groups in total. The van der Waals surface area contributed by atoms with Gasteiger partial charge in [0.2, 0.25) is 0 Å². The second kappa shape index (κ2) is 9.19. The van der Waals surface area contributed by atoms with Crippen LogP contribution < -0.4 is 10.5 Å². The third-order valence-corrected chi connectivity index (χ3v) is 8.18. The minimum absolute atomic E-state index is 0.0143. The zero-order valence-electron chi connectivity index (χ0n) is 18.4. The van der Waals surface area contributed by atoms with Gasteiger partial charge in [-0.2, -0.15) is 0 Å². The highest BCUT2D eigenvalue weighted by Crippen LogP contribution is 2.47. The Morgan fingerprint density at radius 3 is 2.59 bits per heavy atom. The number of methoxy groups -OCH3 is 1. The van der Waals surface area contributed by atoms with Crippen molar-refractivity contribution < 1.29 is 4.74 Å². The highest BCUT2D eigenvalue weighted by Gasteiger charge is 2.42. The smallest absolute Gasteiger partial charge is 0.136 e. The number of halogens is 2. The number of aryl methyl sites for hydroxylation is 2. The Hall–Kier alpha value is -1.84. The van der Waals surface area contributed by atoms with Gasteiger partial charge >= 0.3 is 0 Å². The van der Waals surface area contributed by atoms with E-state index in [1.165, 1.54) is 12.8 Å². The Balaban J connectivity index is 1.79. The molecule has 0 saturated heterocycles. The van der Waals surface area contributed by atoms with E-state index in [4.69, 9.17) is 33.5 Å². The molecule has 166 valence electrons. The van der Waals surface area contributed by atoms with Crippen LogP contribution in [0.25, 0.3) is 11.3 Å². The van der Waals surface area contributed by atoms with E-state index >= 15 is 0 Å². The normalized spacial score (nSPS) is 16.3. The maximum atomic E-state index is 7.03. The van der Waals surface area contributed by atoms with E-state index in [9.17, 15) is 0 Å². The first-order valence-electron chi connectivity index (χ1n) is 10.6. The lowest BCUT2D eigenvalue weighted by atomic mass is 9.77. The van der Waals surface area contributed by atoms with E-state index in [-0.39, 0.29) is 5.92 Å². The van der Waals surface area contributed by atoms with Crippen molar-refractivity contribution in [3.8, 4) is 29.4 Å². The van der Waals surface area contributed by atoms with E-state index < -0.39 is 5.54 Å². The van der Waals surface area contributed by atoms with Gasteiger partial charge in [-0.1, -0.05) is 58.4 Å². The third-order valence-electron chi connectivity index (χ3n) is 6.22. The number of hydrogen-bond acceptors (Lipinski definition) is 4. The molecule has 1 aromatic heterocycles. The van der Waals surface area contributed by atoms with Gasteiger partial charge in [-0.3, -0.25) is 0 Å². The molecule has 0 bridgehead atoms. The molecule has 3 nitrogen and oxygen atoms in total. The molecule has 0 amide bonds. The summed E-state index contributed by atoms with van der Waals surface area (Å²) >= 11 is 11.7. The van der Waals surface area contributed by atoms with Crippen LogP contribution in [0.2, 0.25) is 5.02 Å². The quantitative estimate of drug-likeness (QED) is 0.329. The van der Waals surface area contributed by atoms with Crippen LogP contribution in [0.15, 0.2) is 40.9 Å². The molecule has 1 heterocycles. The average Bonchev–Trinajstić information content (AvgIpc) is 3.53. The molecule has 3 aromatic rings. The minimum Gasteiger partial charge on any atom is -0.496 e. The number of thiazole rings is 1. The summed E-state index contributed by atoms with van der Waals surface area (Å²) in [7, 11) is 1.64. The maximum absolute atomic E-state index is 7.03. The molecule has 4 rings (SSSR count). The molecule has 6 heteroatoms. The van der Waals surface area contributed by atoms with Crippen molar-refractivity contribution in [1.82, 2.24) is 4.98 Å². The SMILES string of the molecule is C#CC(N)(c1nc(-c2cc(C)c(OC)cc2Cl)c(C)s1)[C@@H](CC1CC1)c1ccc(Br)cc1. The van der Waals surface area contributed by atoms with Gasteiger partial charge in [0.25, 0.3) is 0 Å². The van der Waals surface area contributed by atoms with Gasteiger partial charge in [-0.05, 0) is 61.6 Å². The van der Waals surface area contributed by atoms with Crippen LogP contribution in [-0.4, -0.2) is 12.1 Å². The van der Waals surface area contributed by atoms with Gasteiger partial charge in [-0.25, -0.2) is 4.98 Å². The van der Waals surface area contributed by atoms with Gasteiger partial charge in [0.15, 0.2) is 0 Å². The third kappa shape index (κ3) is 4.47. The van der Waals surface area contributed by atoms with Gasteiger partial charge in [-0.15, -0.1) is 17.8 Å². The molecule has 1 fully saturated rings. The number of nitrogens with zero attached hydrogens (tertiary/aromatic N) is 1. The summed E-state index contributed by atoms with van der Waals surface area (Å²) < 4.78 is 6.44. The van der Waals surface area contributed by atoms with Gasteiger partial charge < -0.3 is 10.5 Å². The van der Waals surface area contributed by atoms with Crippen LogP contribution in [0.1, 0.15) is 46.2 Å². The summed E-state index contributed by atoms with van der Waals surface area (Å²) in [6.07, 6.45) is 9.56. The van der Waals surface area contributed by atoms with Crippen LogP contribution >= 0.6 is 38.9 Å². The maximum Gasteiger partial charge on any atom is 0.136 e. The number of aromatic nitrogens is 1. The van der Waals surface area contributed by atoms with Crippen LogP contribution in [0.4, 0.5) is 0 Å². The summed E-state index contributed by atoms with van der Waals surface area (Å²) in [6, 6.07) is 12.2. The lowest BCUT2D eigenvalue weighted by Gasteiger charge is -2.32. The van der Waals surface area contributed by atoms with E-state index in [0.717, 1.165) is 48.9 Å². The second-order valence-corrected chi connectivity index (χ2v) is 11.0. The zero-order valence-corrected chi connectivity index (χ0v) is 21.6. The van der Waals surface area contributed by atoms with E-state index in [2.05, 4.69) is 34.0 Å². The van der Waals surface area contributed by atoms with Crippen molar-refractivity contribution in [3.05, 3.63) is 66.9 Å². The molecular weight excluding hydrogens is 504 g/mol. The van der Waals surface area contributed by atoms with Crippen LogP contribution in [-0.2, 0) is 5.54 Å². The molecular formula is C26H26BrClN2OS. The average molecular weight is 530 g/mol. The second-order valence-electron chi connectivity index (χ2n) is 8.52. The summed E-state index contributed by atoms with van der Waals surface area (Å²) in [5.74, 6) is 4.34. The Morgan fingerprint density at radius 1 is 1.31 bits per heavy atom. The van der Waals surface area contributed by atoms with Crippen LogP contribution in [0, 0.1) is 32.1 Å². The van der Waals surface area contributed by atoms with Crippen molar-refractivity contribution in [3.63, 3.8) is 0 Å². The Bertz CT molecular complexity index is 1180. The highest BCUT2D eigenvalue weighted by atomic mass is 79.9. The Kier molecular flexibility index (Phi) is 6.70. The number of terminal acetylenes is 1. The largest absolute Gasteiger partial charge is 0.496 e. The van der Waals surface area contributed by atoms with Crippen LogP contribution in [0.3, 0.4) is 0 Å². The monoisotopic (exact) mass is 528 g/mol. The highest BCUT2D eigenvalue weighted by molar-refractivity contribution is 9.10. The van der Waals surface area contributed by atoms with Gasteiger partial charge in [0.05, 0.1) is 17.8 Å². The summed E-state index contributed by atoms with van der Waals surface area (Å²) in [4.78, 5) is 6.03. The lowest BCUT2D eigenvalue weighted by molar-refractivity contribution is 0.409. The number of hydrogen-bond donors (Lipinski definition) is 1. The molecule has 2 aromatic carbocycles. The zero-order chi connectivity index (χ0) is 23.0. The van der Waals surface area contributed by atoms with E-state index in [0.29, 0.717) is 10.9 Å². The number of nitrogens with two attached hydrogens (primary N) is 1. The molecule has 0 radical (unpaired) electrons. The molecule has 1 saturated carbocycles. The summed E-state index contributed by atoms with van der Waals surface area (Å²) in [6.45, 7) is 4.04. The molecule has 1 aliphatic rings. The number of ether oxygens (including phenoxy) is 1. The predicted octanol–water partition coefficient (Wildman–Crippen LogP) is 7.22. The molecule has 0 aliphatic heterocycles. The van der Waals surface area contributed by atoms with Crippen molar-refractivity contribution >= 4 is 38.9 Å². The first-order valence-corrected chi connectivity index (χ1v) is 12.6. The fourth-order valence-corrected chi connectivity index (χ4v) is 5.72. The molecule has 1 aliphatic carbocycles. The van der Waals surface area contributed by atoms with Gasteiger partial charge in [0.1, 0.15) is 16.3 Å². The minimum atomic E-state index is -1.00. The first-order chi connectivity index (χ1) is 15.3. The first kappa shape index (κ1) is 23.3. The van der Waals surface area contributed by atoms with Crippen molar-refractivity contribution in [2.75, 3.05) is 7.11 Å². The fraction of sp³-hybridized carbons (Fsp3) is 0.346. The standard InChI is InChI=1S/C26H26BrClN2OS/c1-5-26(29,21(13-17-6-7-17)18-8-10-19(27)11-9-18)25-30-24(16(3)32-25)20-12-15(2)23(31-4)14-22(20)28/h1,8-12,14,17,21H,6-7,13,29H2,2-4H3/t21-,26?/m0/s1. The fourth-order valence-electron chi connectivity index (χ4n) is 4.17. The van der Waals surface area contributed by atoms with Crippen molar-refractivity contribution in [2.45, 2.75) is 44.6 Å². The number of rotatable bonds is 7. The Morgan fingerprint density at radius 2 is 2.00 bits per heavy atom. The van der Waals surface area contributed by atoms with Crippen LogP contribution in [0.5, 0.6) is 5.75 Å². The molecule has 32 heavy (non-hydrogen) atoms. The molecule has 1 unspecified atom stereocenters. The summed E-state index contributed by atoms with van der Waals surface area (Å²) in [5.41, 5.74) is 9.87. The molecule has 2 atom stereocenters. The molecule has 0 spiro atoms. The van der Waals surface area contributed by atoms with E-state index in [1.54, 1.807) is 18.4 Å².